The zero-order chi connectivity index (χ0) is 13.4. The summed E-state index contributed by atoms with van der Waals surface area (Å²) in [5.41, 5.74) is -0.555. The van der Waals surface area contributed by atoms with E-state index in [2.05, 4.69) is 5.32 Å². The molecule has 0 aliphatic carbocycles. The summed E-state index contributed by atoms with van der Waals surface area (Å²) in [7, 11) is -3.35. The molecule has 1 aliphatic rings. The maximum atomic E-state index is 13.9. The maximum Gasteiger partial charge on any atom is 0.175 e. The lowest BCUT2D eigenvalue weighted by molar-refractivity contribution is -0.0594. The minimum Gasteiger partial charge on any atom is -0.368 e. The van der Waals surface area contributed by atoms with Crippen LogP contribution in [-0.4, -0.2) is 34.4 Å². The third-order valence-electron chi connectivity index (χ3n) is 3.10. The van der Waals surface area contributed by atoms with Gasteiger partial charge in [0.15, 0.2) is 9.84 Å². The maximum absolute atomic E-state index is 13.9. The summed E-state index contributed by atoms with van der Waals surface area (Å²) in [6.45, 7) is 3.39. The predicted octanol–water partition coefficient (Wildman–Crippen LogP) is 1.06. The van der Waals surface area contributed by atoms with Crippen molar-refractivity contribution in [1.29, 1.82) is 0 Å². The number of hydrogen-bond acceptors (Lipinski definition) is 4. The third-order valence-corrected chi connectivity index (χ3v) is 4.21. The topological polar surface area (TPSA) is 55.4 Å². The Morgan fingerprint density at radius 3 is 2.72 bits per heavy atom. The molecule has 100 valence electrons. The van der Waals surface area contributed by atoms with E-state index in [1.165, 1.54) is 18.2 Å². The molecule has 6 heteroatoms. The first-order chi connectivity index (χ1) is 8.33. The van der Waals surface area contributed by atoms with Gasteiger partial charge in [-0.3, -0.25) is 0 Å². The van der Waals surface area contributed by atoms with Gasteiger partial charge in [0.2, 0.25) is 0 Å². The van der Waals surface area contributed by atoms with Crippen LogP contribution in [0.4, 0.5) is 4.39 Å². The molecule has 1 atom stereocenters. The summed E-state index contributed by atoms with van der Waals surface area (Å²) in [6, 6.07) is 3.81. The van der Waals surface area contributed by atoms with Gasteiger partial charge in [-0.25, -0.2) is 12.8 Å². The molecule has 1 aromatic carbocycles. The van der Waals surface area contributed by atoms with Crippen molar-refractivity contribution >= 4 is 9.84 Å². The first-order valence-corrected chi connectivity index (χ1v) is 7.57. The van der Waals surface area contributed by atoms with Crippen molar-refractivity contribution in [3.8, 4) is 0 Å². The number of ether oxygens (including phenoxy) is 1. The van der Waals surface area contributed by atoms with Crippen LogP contribution in [0.3, 0.4) is 0 Å². The SMILES string of the molecule is CC1(c2cc(S(C)(=O)=O)ccc2F)CNCCO1. The van der Waals surface area contributed by atoms with Gasteiger partial charge >= 0.3 is 0 Å². The largest absolute Gasteiger partial charge is 0.368 e. The molecule has 0 amide bonds. The summed E-state index contributed by atoms with van der Waals surface area (Å²) >= 11 is 0. The van der Waals surface area contributed by atoms with Gasteiger partial charge < -0.3 is 10.1 Å². The smallest absolute Gasteiger partial charge is 0.175 e. The highest BCUT2D eigenvalue weighted by Gasteiger charge is 2.33. The Bertz CT molecular complexity index is 550. The molecule has 4 nitrogen and oxygen atoms in total. The van der Waals surface area contributed by atoms with Gasteiger partial charge in [-0.1, -0.05) is 0 Å². The van der Waals surface area contributed by atoms with Crippen LogP contribution in [0, 0.1) is 5.82 Å². The first kappa shape index (κ1) is 13.5. The van der Waals surface area contributed by atoms with E-state index in [1.807, 2.05) is 0 Å². The second-order valence-corrected chi connectivity index (χ2v) is 6.69. The molecule has 0 saturated carbocycles. The molecule has 1 aromatic rings. The van der Waals surface area contributed by atoms with Gasteiger partial charge in [-0.05, 0) is 25.1 Å². The number of hydrogen-bond donors (Lipinski definition) is 1. The summed E-state index contributed by atoms with van der Waals surface area (Å²) in [4.78, 5) is 0.106. The fourth-order valence-corrected chi connectivity index (χ4v) is 2.69. The van der Waals surface area contributed by atoms with Gasteiger partial charge in [0, 0.05) is 24.9 Å². The fourth-order valence-electron chi connectivity index (χ4n) is 2.04. The van der Waals surface area contributed by atoms with Crippen molar-refractivity contribution < 1.29 is 17.5 Å². The number of sulfone groups is 1. The lowest BCUT2D eigenvalue weighted by Crippen LogP contribution is -2.46. The molecule has 1 aliphatic heterocycles. The van der Waals surface area contributed by atoms with E-state index >= 15 is 0 Å². The van der Waals surface area contributed by atoms with E-state index in [0.29, 0.717) is 19.7 Å². The summed E-state index contributed by atoms with van der Waals surface area (Å²) < 4.78 is 42.5. The summed E-state index contributed by atoms with van der Waals surface area (Å²) in [6.07, 6.45) is 1.10. The van der Waals surface area contributed by atoms with Crippen LogP contribution < -0.4 is 5.32 Å². The number of benzene rings is 1. The lowest BCUT2D eigenvalue weighted by atomic mass is 9.94. The molecular formula is C12H16FNO3S. The predicted molar refractivity (Wildman–Crippen MR) is 65.7 cm³/mol. The van der Waals surface area contributed by atoms with Crippen molar-refractivity contribution in [2.45, 2.75) is 17.4 Å². The molecule has 0 aromatic heterocycles. The third kappa shape index (κ3) is 2.55. The lowest BCUT2D eigenvalue weighted by Gasteiger charge is -2.35. The normalized spacial score (nSPS) is 25.1. The van der Waals surface area contributed by atoms with Crippen LogP contribution in [-0.2, 0) is 20.2 Å². The van der Waals surface area contributed by atoms with Crippen LogP contribution in [0.5, 0.6) is 0 Å². The zero-order valence-corrected chi connectivity index (χ0v) is 11.2. The summed E-state index contributed by atoms with van der Waals surface area (Å²) in [5.74, 6) is -0.450. The van der Waals surface area contributed by atoms with Gasteiger partial charge in [0.25, 0.3) is 0 Å². The molecule has 0 bridgehead atoms. The minimum absolute atomic E-state index is 0.106. The molecule has 2 rings (SSSR count). The Hall–Kier alpha value is -0.980. The second-order valence-electron chi connectivity index (χ2n) is 4.67. The number of morpholine rings is 1. The average Bonchev–Trinajstić information content (AvgIpc) is 2.28. The monoisotopic (exact) mass is 273 g/mol. The molecule has 1 N–H and O–H groups in total. The quantitative estimate of drug-likeness (QED) is 0.819. The molecule has 1 fully saturated rings. The first-order valence-electron chi connectivity index (χ1n) is 5.68. The van der Waals surface area contributed by atoms with E-state index in [1.54, 1.807) is 6.92 Å². The Morgan fingerprint density at radius 1 is 1.44 bits per heavy atom. The summed E-state index contributed by atoms with van der Waals surface area (Å²) in [5, 5.41) is 3.12. The number of rotatable bonds is 2. The standard InChI is InChI=1S/C12H16FNO3S/c1-12(8-14-5-6-17-12)10-7-9(18(2,15)16)3-4-11(10)13/h3-4,7,14H,5-6,8H2,1-2H3. The Kier molecular flexibility index (Phi) is 3.44. The minimum atomic E-state index is -3.35. The van der Waals surface area contributed by atoms with E-state index in [0.717, 1.165) is 6.26 Å². The van der Waals surface area contributed by atoms with Crippen molar-refractivity contribution in [2.24, 2.45) is 0 Å². The van der Waals surface area contributed by atoms with E-state index < -0.39 is 21.3 Å². The zero-order valence-electron chi connectivity index (χ0n) is 10.4. The van der Waals surface area contributed by atoms with Crippen molar-refractivity contribution in [3.05, 3.63) is 29.6 Å². The van der Waals surface area contributed by atoms with E-state index in [4.69, 9.17) is 4.74 Å². The highest BCUT2D eigenvalue weighted by atomic mass is 32.2. The van der Waals surface area contributed by atoms with Crippen LogP contribution >= 0.6 is 0 Å². The van der Waals surface area contributed by atoms with Crippen LogP contribution in [0.2, 0.25) is 0 Å². The van der Waals surface area contributed by atoms with Crippen molar-refractivity contribution in [1.82, 2.24) is 5.32 Å². The fraction of sp³-hybridized carbons (Fsp3) is 0.500. The Labute approximate surface area is 106 Å². The van der Waals surface area contributed by atoms with Crippen LogP contribution in [0.1, 0.15) is 12.5 Å². The highest BCUT2D eigenvalue weighted by Crippen LogP contribution is 2.30. The molecule has 0 spiro atoms. The van der Waals surface area contributed by atoms with Gasteiger partial charge in [0.05, 0.1) is 11.5 Å². The van der Waals surface area contributed by atoms with Crippen LogP contribution in [0.15, 0.2) is 23.1 Å². The molecule has 18 heavy (non-hydrogen) atoms. The Balaban J connectivity index is 2.49. The molecular weight excluding hydrogens is 257 g/mol. The number of halogens is 1. The van der Waals surface area contributed by atoms with Gasteiger partial charge in [-0.15, -0.1) is 0 Å². The molecule has 1 heterocycles. The molecule has 1 saturated heterocycles. The molecule has 0 radical (unpaired) electrons. The van der Waals surface area contributed by atoms with Crippen molar-refractivity contribution in [3.63, 3.8) is 0 Å². The van der Waals surface area contributed by atoms with E-state index in [9.17, 15) is 12.8 Å². The van der Waals surface area contributed by atoms with Crippen LogP contribution in [0.25, 0.3) is 0 Å². The number of nitrogens with one attached hydrogen (secondary N) is 1. The van der Waals surface area contributed by atoms with Gasteiger partial charge in [0.1, 0.15) is 11.4 Å². The second kappa shape index (κ2) is 4.60. The highest BCUT2D eigenvalue weighted by molar-refractivity contribution is 7.90. The average molecular weight is 273 g/mol. The molecule has 1 unspecified atom stereocenters. The van der Waals surface area contributed by atoms with Crippen molar-refractivity contribution in [2.75, 3.05) is 26.0 Å². The van der Waals surface area contributed by atoms with E-state index in [-0.39, 0.29) is 10.5 Å². The van der Waals surface area contributed by atoms with Gasteiger partial charge in [-0.2, -0.15) is 0 Å². The Morgan fingerprint density at radius 2 is 2.17 bits per heavy atom.